The van der Waals surface area contributed by atoms with E-state index in [4.69, 9.17) is 4.42 Å². The molecule has 2 rings (SSSR count). The minimum absolute atomic E-state index is 0.249. The summed E-state index contributed by atoms with van der Waals surface area (Å²) < 4.78 is 6.59. The highest BCUT2D eigenvalue weighted by molar-refractivity contribution is 9.13. The third-order valence-electron chi connectivity index (χ3n) is 2.36. The highest BCUT2D eigenvalue weighted by Gasteiger charge is 2.16. The molecule has 104 valence electrons. The number of aromatic hydroxyl groups is 1. The summed E-state index contributed by atoms with van der Waals surface area (Å²) in [5, 5.41) is 9.66. The largest absolute Gasteiger partial charge is 0.507 e. The van der Waals surface area contributed by atoms with Gasteiger partial charge < -0.3 is 9.52 Å². The van der Waals surface area contributed by atoms with E-state index in [0.717, 1.165) is 13.1 Å². The highest BCUT2D eigenvalue weighted by atomic mass is 79.9. The number of thiophene rings is 1. The summed E-state index contributed by atoms with van der Waals surface area (Å²) in [4.78, 5) is 24.3. The van der Waals surface area contributed by atoms with Gasteiger partial charge in [0.15, 0.2) is 5.78 Å². The molecule has 1 N–H and O–H groups in total. The van der Waals surface area contributed by atoms with Gasteiger partial charge in [0.25, 0.3) is 0 Å². The second kappa shape index (κ2) is 6.07. The van der Waals surface area contributed by atoms with Crippen LogP contribution in [0.5, 0.6) is 5.75 Å². The van der Waals surface area contributed by atoms with Gasteiger partial charge in [-0.3, -0.25) is 4.79 Å². The average Bonchev–Trinajstić information content (AvgIpc) is 2.65. The molecule has 0 bridgehead atoms. The van der Waals surface area contributed by atoms with Crippen molar-refractivity contribution >= 4 is 55.1 Å². The van der Waals surface area contributed by atoms with Gasteiger partial charge >= 0.3 is 5.63 Å². The van der Waals surface area contributed by atoms with Crippen molar-refractivity contribution in [2.75, 3.05) is 0 Å². The third kappa shape index (κ3) is 3.28. The third-order valence-corrected chi connectivity index (χ3v) is 5.58. The van der Waals surface area contributed by atoms with Gasteiger partial charge in [0, 0.05) is 15.4 Å². The standard InChI is InChI=1S/C13H8Br2O4S/c1-6-4-10(17)11(13(18)19-6)9(16)3-2-7-5-8(14)12(15)20-7/h2-5,17H,1H3. The second-order valence-corrected chi connectivity index (χ2v) is 7.13. The van der Waals surface area contributed by atoms with Crippen molar-refractivity contribution in [3.63, 3.8) is 0 Å². The van der Waals surface area contributed by atoms with E-state index >= 15 is 0 Å². The maximum atomic E-state index is 11.9. The number of hydrogen-bond acceptors (Lipinski definition) is 5. The van der Waals surface area contributed by atoms with Crippen LogP contribution in [0.3, 0.4) is 0 Å². The number of ketones is 1. The van der Waals surface area contributed by atoms with Crippen LogP contribution in [0.2, 0.25) is 0 Å². The maximum Gasteiger partial charge on any atom is 0.351 e. The number of hydrogen-bond donors (Lipinski definition) is 1. The molecule has 0 aliphatic rings. The van der Waals surface area contributed by atoms with E-state index in [-0.39, 0.29) is 17.1 Å². The van der Waals surface area contributed by atoms with E-state index in [1.165, 1.54) is 30.4 Å². The zero-order valence-corrected chi connectivity index (χ0v) is 14.1. The molecule has 0 saturated heterocycles. The lowest BCUT2D eigenvalue weighted by Gasteiger charge is -1.99. The van der Waals surface area contributed by atoms with Gasteiger partial charge in [0.05, 0.1) is 3.79 Å². The number of rotatable bonds is 3. The van der Waals surface area contributed by atoms with Crippen LogP contribution in [0.25, 0.3) is 6.08 Å². The Bertz CT molecular complexity index is 739. The molecule has 0 aliphatic carbocycles. The molecular weight excluding hydrogens is 412 g/mol. The first kappa shape index (κ1) is 15.2. The zero-order chi connectivity index (χ0) is 14.9. The number of halogens is 2. The predicted octanol–water partition coefficient (Wildman–Crippen LogP) is 4.14. The van der Waals surface area contributed by atoms with Crippen LogP contribution in [0.4, 0.5) is 0 Å². The normalized spacial score (nSPS) is 11.2. The molecule has 0 fully saturated rings. The Labute approximate surface area is 135 Å². The lowest BCUT2D eigenvalue weighted by Crippen LogP contribution is -2.12. The smallest absolute Gasteiger partial charge is 0.351 e. The second-order valence-electron chi connectivity index (χ2n) is 3.87. The van der Waals surface area contributed by atoms with Crippen LogP contribution in [0.15, 0.2) is 35.7 Å². The summed E-state index contributed by atoms with van der Waals surface area (Å²) in [6.45, 7) is 1.52. The summed E-state index contributed by atoms with van der Waals surface area (Å²) in [7, 11) is 0. The van der Waals surface area contributed by atoms with Crippen LogP contribution >= 0.6 is 43.2 Å². The highest BCUT2D eigenvalue weighted by Crippen LogP contribution is 2.33. The Morgan fingerprint density at radius 3 is 2.65 bits per heavy atom. The average molecular weight is 420 g/mol. The van der Waals surface area contributed by atoms with Gasteiger partial charge in [-0.05, 0) is 57.0 Å². The number of allylic oxidation sites excluding steroid dienone is 1. The molecule has 0 amide bonds. The Morgan fingerprint density at radius 1 is 1.40 bits per heavy atom. The van der Waals surface area contributed by atoms with Gasteiger partial charge in [-0.15, -0.1) is 11.3 Å². The molecule has 2 aromatic heterocycles. The van der Waals surface area contributed by atoms with Crippen molar-refractivity contribution in [2.24, 2.45) is 0 Å². The first-order valence-electron chi connectivity index (χ1n) is 5.39. The molecule has 20 heavy (non-hydrogen) atoms. The monoisotopic (exact) mass is 418 g/mol. The van der Waals surface area contributed by atoms with E-state index in [2.05, 4.69) is 31.9 Å². The van der Waals surface area contributed by atoms with Gasteiger partial charge in [-0.25, -0.2) is 4.79 Å². The van der Waals surface area contributed by atoms with E-state index in [9.17, 15) is 14.7 Å². The summed E-state index contributed by atoms with van der Waals surface area (Å²) >= 11 is 8.12. The van der Waals surface area contributed by atoms with Crippen LogP contribution in [-0.2, 0) is 0 Å². The van der Waals surface area contributed by atoms with Crippen LogP contribution in [0.1, 0.15) is 21.0 Å². The van der Waals surface area contributed by atoms with Crippen molar-refractivity contribution in [1.29, 1.82) is 0 Å². The Morgan fingerprint density at radius 2 is 2.10 bits per heavy atom. The Balaban J connectivity index is 2.31. The Hall–Kier alpha value is -1.18. The van der Waals surface area contributed by atoms with E-state index in [0.29, 0.717) is 0 Å². The van der Waals surface area contributed by atoms with E-state index in [1.54, 1.807) is 6.08 Å². The lowest BCUT2D eigenvalue weighted by atomic mass is 10.1. The van der Waals surface area contributed by atoms with Crippen molar-refractivity contribution in [1.82, 2.24) is 0 Å². The molecule has 4 nitrogen and oxygen atoms in total. The molecule has 2 aromatic rings. The molecule has 7 heteroatoms. The molecule has 0 spiro atoms. The summed E-state index contributed by atoms with van der Waals surface area (Å²) in [5.74, 6) is -0.724. The Kier molecular flexibility index (Phi) is 4.62. The van der Waals surface area contributed by atoms with Crippen LogP contribution < -0.4 is 5.63 Å². The van der Waals surface area contributed by atoms with Crippen LogP contribution in [-0.4, -0.2) is 10.9 Å². The molecule has 0 aromatic carbocycles. The fourth-order valence-electron chi connectivity index (χ4n) is 1.51. The van der Waals surface area contributed by atoms with E-state index < -0.39 is 11.4 Å². The summed E-state index contributed by atoms with van der Waals surface area (Å²) in [6.07, 6.45) is 2.80. The molecule has 0 aliphatic heterocycles. The van der Waals surface area contributed by atoms with Crippen molar-refractivity contribution in [2.45, 2.75) is 6.92 Å². The number of aryl methyl sites for hydroxylation is 1. The van der Waals surface area contributed by atoms with Crippen molar-refractivity contribution in [3.05, 3.63) is 53.1 Å². The van der Waals surface area contributed by atoms with Crippen molar-refractivity contribution in [3.8, 4) is 5.75 Å². The first-order valence-corrected chi connectivity index (χ1v) is 7.79. The quantitative estimate of drug-likeness (QED) is 0.599. The predicted molar refractivity (Wildman–Crippen MR) is 84.5 cm³/mol. The molecule has 2 heterocycles. The number of carbonyl (C=O) groups excluding carboxylic acids is 1. The van der Waals surface area contributed by atoms with Gasteiger partial charge in [-0.1, -0.05) is 0 Å². The van der Waals surface area contributed by atoms with Gasteiger partial charge in [-0.2, -0.15) is 0 Å². The summed E-state index contributed by atoms with van der Waals surface area (Å²) in [5.41, 5.74) is -1.20. The molecule has 0 saturated carbocycles. The van der Waals surface area contributed by atoms with Crippen molar-refractivity contribution < 1.29 is 14.3 Å². The fourth-order valence-corrected chi connectivity index (χ4v) is 3.50. The van der Waals surface area contributed by atoms with Crippen LogP contribution in [0, 0.1) is 6.92 Å². The SMILES string of the molecule is Cc1cc(O)c(C(=O)C=Cc2cc(Br)c(Br)s2)c(=O)o1. The molecule has 0 unspecified atom stereocenters. The lowest BCUT2D eigenvalue weighted by molar-refractivity contribution is 0.104. The fraction of sp³-hybridized carbons (Fsp3) is 0.0769. The first-order chi connectivity index (χ1) is 9.38. The summed E-state index contributed by atoms with van der Waals surface area (Å²) in [6, 6.07) is 3.07. The number of carbonyl (C=O) groups is 1. The topological polar surface area (TPSA) is 67.5 Å². The minimum atomic E-state index is -0.842. The molecule has 0 radical (unpaired) electrons. The van der Waals surface area contributed by atoms with E-state index in [1.807, 2.05) is 6.07 Å². The zero-order valence-electron chi connectivity index (χ0n) is 10.1. The van der Waals surface area contributed by atoms with Gasteiger partial charge in [0.1, 0.15) is 17.1 Å². The molecule has 0 atom stereocenters. The minimum Gasteiger partial charge on any atom is -0.507 e. The molecular formula is C13H8Br2O4S. The van der Waals surface area contributed by atoms with Gasteiger partial charge in [0.2, 0.25) is 0 Å². The maximum absolute atomic E-state index is 11.9.